The van der Waals surface area contributed by atoms with Gasteiger partial charge >= 0.3 is 0 Å². The van der Waals surface area contributed by atoms with Crippen LogP contribution in [-0.4, -0.2) is 28.5 Å². The van der Waals surface area contributed by atoms with Crippen molar-refractivity contribution in [3.8, 4) is 0 Å². The van der Waals surface area contributed by atoms with E-state index in [2.05, 4.69) is 15.3 Å². The van der Waals surface area contributed by atoms with Crippen molar-refractivity contribution in [2.45, 2.75) is 38.1 Å². The molecule has 1 amide bonds. The fraction of sp³-hybridized carbons (Fsp3) is 0.471. The lowest BCUT2D eigenvalue weighted by Crippen LogP contribution is -2.45. The van der Waals surface area contributed by atoms with Crippen LogP contribution in [0.2, 0.25) is 0 Å². The van der Waals surface area contributed by atoms with E-state index in [9.17, 15) is 4.79 Å². The summed E-state index contributed by atoms with van der Waals surface area (Å²) in [5.74, 6) is 0.427. The Morgan fingerprint density at radius 1 is 1.17 bits per heavy atom. The third-order valence-corrected chi connectivity index (χ3v) is 4.52. The molecular weight excluding hydrogens is 312 g/mol. The summed E-state index contributed by atoms with van der Waals surface area (Å²) in [6, 6.07) is 5.47. The molecule has 3 N–H and O–H groups in total. The van der Waals surface area contributed by atoms with Gasteiger partial charge in [-0.2, -0.15) is 0 Å². The van der Waals surface area contributed by atoms with Crippen molar-refractivity contribution >= 4 is 29.3 Å². The average Bonchev–Trinajstić information content (AvgIpc) is 2.59. The number of nitrogens with two attached hydrogens (primary N) is 1. The molecule has 1 unspecified atom stereocenters. The molecule has 124 valence electrons. The van der Waals surface area contributed by atoms with E-state index in [1.54, 1.807) is 24.5 Å². The number of hydrogen-bond donors (Lipinski definition) is 2. The Balaban J connectivity index is 0.00000192. The van der Waals surface area contributed by atoms with Gasteiger partial charge in [-0.3, -0.25) is 14.8 Å². The fourth-order valence-electron chi connectivity index (χ4n) is 3.26. The molecule has 1 heterocycles. The summed E-state index contributed by atoms with van der Waals surface area (Å²) in [6.07, 6.45) is 9.37. The second-order valence-corrected chi connectivity index (χ2v) is 5.97. The maximum atomic E-state index is 12.5. The Hall–Kier alpha value is -1.72. The first-order valence-corrected chi connectivity index (χ1v) is 7.99. The summed E-state index contributed by atoms with van der Waals surface area (Å²) >= 11 is 0. The summed E-state index contributed by atoms with van der Waals surface area (Å²) < 4.78 is 0. The highest BCUT2D eigenvalue weighted by molar-refractivity contribution is 5.97. The Labute approximate surface area is 142 Å². The molecule has 1 aromatic heterocycles. The Bertz CT molecular complexity index is 658. The van der Waals surface area contributed by atoms with Gasteiger partial charge < -0.3 is 11.1 Å². The Kier molecular flexibility index (Phi) is 6.30. The number of halogens is 1. The summed E-state index contributed by atoms with van der Waals surface area (Å²) in [5, 5.41) is 3.11. The number of benzene rings is 1. The van der Waals surface area contributed by atoms with Crippen LogP contribution in [0.25, 0.3) is 11.0 Å². The van der Waals surface area contributed by atoms with Crippen LogP contribution in [0.3, 0.4) is 0 Å². The molecule has 1 saturated carbocycles. The van der Waals surface area contributed by atoms with E-state index in [1.807, 2.05) is 6.07 Å². The van der Waals surface area contributed by atoms with Crippen molar-refractivity contribution in [2.24, 2.45) is 11.7 Å². The number of nitrogens with one attached hydrogen (secondary N) is 1. The van der Waals surface area contributed by atoms with Crippen LogP contribution in [0.1, 0.15) is 42.5 Å². The molecule has 5 nitrogen and oxygen atoms in total. The molecule has 1 atom stereocenters. The van der Waals surface area contributed by atoms with Gasteiger partial charge in [-0.15, -0.1) is 12.4 Å². The standard InChI is InChI=1S/C17H22N4O.ClH/c18-11-16(12-4-2-1-3-5-12)21-17(22)13-6-7-14-15(10-13)20-9-8-19-14;/h6-10,12,16H,1-5,11,18H2,(H,21,22);1H. The first kappa shape index (κ1) is 17.6. The van der Waals surface area contributed by atoms with Crippen LogP contribution in [0.15, 0.2) is 30.6 Å². The van der Waals surface area contributed by atoms with Gasteiger partial charge in [-0.1, -0.05) is 19.3 Å². The van der Waals surface area contributed by atoms with Crippen LogP contribution < -0.4 is 11.1 Å². The van der Waals surface area contributed by atoms with Crippen LogP contribution in [-0.2, 0) is 0 Å². The SMILES string of the molecule is Cl.NCC(NC(=O)c1ccc2nccnc2c1)C1CCCCC1. The van der Waals surface area contributed by atoms with Crippen molar-refractivity contribution in [3.63, 3.8) is 0 Å². The largest absolute Gasteiger partial charge is 0.348 e. The van der Waals surface area contributed by atoms with Crippen molar-refractivity contribution in [1.29, 1.82) is 0 Å². The van der Waals surface area contributed by atoms with Crippen LogP contribution in [0.5, 0.6) is 0 Å². The molecule has 3 rings (SSSR count). The molecular formula is C17H23ClN4O. The summed E-state index contributed by atoms with van der Waals surface area (Å²) in [6.45, 7) is 0.490. The van der Waals surface area contributed by atoms with Crippen molar-refractivity contribution < 1.29 is 4.79 Å². The molecule has 0 aliphatic heterocycles. The molecule has 0 spiro atoms. The minimum atomic E-state index is -0.0754. The number of fused-ring (bicyclic) bond motifs is 1. The Morgan fingerprint density at radius 2 is 1.87 bits per heavy atom. The van der Waals surface area contributed by atoms with Gasteiger partial charge in [0.05, 0.1) is 11.0 Å². The molecule has 0 bridgehead atoms. The average molecular weight is 335 g/mol. The molecule has 6 heteroatoms. The van der Waals surface area contributed by atoms with E-state index in [0.29, 0.717) is 18.0 Å². The quantitative estimate of drug-likeness (QED) is 0.900. The number of hydrogen-bond acceptors (Lipinski definition) is 4. The molecule has 1 aromatic carbocycles. The molecule has 2 aromatic rings. The number of amides is 1. The van der Waals surface area contributed by atoms with Crippen LogP contribution >= 0.6 is 12.4 Å². The van der Waals surface area contributed by atoms with Gasteiger partial charge in [0.25, 0.3) is 5.91 Å². The van der Waals surface area contributed by atoms with Crippen molar-refractivity contribution in [3.05, 3.63) is 36.2 Å². The zero-order valence-electron chi connectivity index (χ0n) is 13.1. The minimum absolute atomic E-state index is 0. The molecule has 0 radical (unpaired) electrons. The topological polar surface area (TPSA) is 80.9 Å². The molecule has 23 heavy (non-hydrogen) atoms. The Morgan fingerprint density at radius 3 is 2.57 bits per heavy atom. The van der Waals surface area contributed by atoms with E-state index in [-0.39, 0.29) is 24.4 Å². The van der Waals surface area contributed by atoms with Crippen LogP contribution in [0, 0.1) is 5.92 Å². The fourth-order valence-corrected chi connectivity index (χ4v) is 3.26. The van der Waals surface area contributed by atoms with Gasteiger partial charge in [0.15, 0.2) is 0 Å². The second kappa shape index (κ2) is 8.22. The number of carbonyl (C=O) groups is 1. The van der Waals surface area contributed by atoms with Crippen molar-refractivity contribution in [1.82, 2.24) is 15.3 Å². The van der Waals surface area contributed by atoms with Crippen molar-refractivity contribution in [2.75, 3.05) is 6.54 Å². The first-order valence-electron chi connectivity index (χ1n) is 7.99. The normalized spacial score (nSPS) is 16.6. The highest BCUT2D eigenvalue weighted by atomic mass is 35.5. The minimum Gasteiger partial charge on any atom is -0.348 e. The predicted molar refractivity (Wildman–Crippen MR) is 93.7 cm³/mol. The maximum Gasteiger partial charge on any atom is 0.251 e. The van der Waals surface area contributed by atoms with Gasteiger partial charge in [0.1, 0.15) is 0 Å². The molecule has 0 saturated heterocycles. The first-order chi connectivity index (χ1) is 10.8. The van der Waals surface area contributed by atoms with E-state index < -0.39 is 0 Å². The number of nitrogens with zero attached hydrogens (tertiary/aromatic N) is 2. The van der Waals surface area contributed by atoms with E-state index in [1.165, 1.54) is 19.3 Å². The van der Waals surface area contributed by atoms with Gasteiger partial charge in [0, 0.05) is 30.5 Å². The lowest BCUT2D eigenvalue weighted by molar-refractivity contribution is 0.0915. The van der Waals surface area contributed by atoms with E-state index in [0.717, 1.165) is 23.9 Å². The third-order valence-electron chi connectivity index (χ3n) is 4.52. The maximum absolute atomic E-state index is 12.5. The van der Waals surface area contributed by atoms with E-state index >= 15 is 0 Å². The summed E-state index contributed by atoms with van der Waals surface area (Å²) in [5.41, 5.74) is 8.02. The monoisotopic (exact) mass is 334 g/mol. The van der Waals surface area contributed by atoms with Gasteiger partial charge in [-0.05, 0) is 37.0 Å². The lowest BCUT2D eigenvalue weighted by Gasteiger charge is -2.30. The summed E-state index contributed by atoms with van der Waals surface area (Å²) in [4.78, 5) is 20.9. The highest BCUT2D eigenvalue weighted by Crippen LogP contribution is 2.26. The van der Waals surface area contributed by atoms with Gasteiger partial charge in [-0.25, -0.2) is 0 Å². The third kappa shape index (κ3) is 4.18. The number of carbonyl (C=O) groups excluding carboxylic acids is 1. The molecule has 1 aliphatic carbocycles. The van der Waals surface area contributed by atoms with Gasteiger partial charge in [0.2, 0.25) is 0 Å². The lowest BCUT2D eigenvalue weighted by atomic mass is 9.84. The zero-order valence-corrected chi connectivity index (χ0v) is 13.9. The molecule has 1 fully saturated rings. The molecule has 1 aliphatic rings. The second-order valence-electron chi connectivity index (χ2n) is 5.97. The van der Waals surface area contributed by atoms with E-state index in [4.69, 9.17) is 5.73 Å². The predicted octanol–water partition coefficient (Wildman–Crippen LogP) is 2.69. The number of aromatic nitrogens is 2. The summed E-state index contributed by atoms with van der Waals surface area (Å²) in [7, 11) is 0. The van der Waals surface area contributed by atoms with Crippen LogP contribution in [0.4, 0.5) is 0 Å². The number of rotatable bonds is 4. The highest BCUT2D eigenvalue weighted by Gasteiger charge is 2.24. The smallest absolute Gasteiger partial charge is 0.251 e. The zero-order chi connectivity index (χ0) is 15.4.